The van der Waals surface area contributed by atoms with E-state index in [9.17, 15) is 14.4 Å². The Hall–Kier alpha value is -1.71. The Morgan fingerprint density at radius 2 is 1.79 bits per heavy atom. The van der Waals surface area contributed by atoms with Crippen LogP contribution in [-0.2, 0) is 19.1 Å². The van der Waals surface area contributed by atoms with Gasteiger partial charge in [0.25, 0.3) is 0 Å². The van der Waals surface area contributed by atoms with E-state index in [-0.39, 0.29) is 28.4 Å². The van der Waals surface area contributed by atoms with Crippen molar-refractivity contribution in [2.24, 2.45) is 28.6 Å². The van der Waals surface area contributed by atoms with Gasteiger partial charge < -0.3 is 4.74 Å². The van der Waals surface area contributed by atoms with E-state index in [0.29, 0.717) is 30.6 Å². The van der Waals surface area contributed by atoms with E-state index < -0.39 is 5.60 Å². The Labute approximate surface area is 167 Å². The number of carbonyl (C=O) groups excluding carboxylic acids is 3. The zero-order valence-electron chi connectivity index (χ0n) is 17.8. The predicted octanol–water partition coefficient (Wildman–Crippen LogP) is 4.58. The summed E-state index contributed by atoms with van der Waals surface area (Å²) in [5, 5.41) is 0. The van der Waals surface area contributed by atoms with Crippen molar-refractivity contribution in [1.82, 2.24) is 0 Å². The first-order valence-corrected chi connectivity index (χ1v) is 10.7. The summed E-state index contributed by atoms with van der Waals surface area (Å²) in [6.45, 7) is 9.67. The SMILES string of the molecule is CC(=O)O[C@]1(C(C)=O)CCC2C3CC(C)=C4CC(=O)C=CC4(C)C3CCC21C. The molecule has 28 heavy (non-hydrogen) atoms. The molecule has 0 spiro atoms. The van der Waals surface area contributed by atoms with Crippen molar-refractivity contribution in [3.8, 4) is 0 Å². The van der Waals surface area contributed by atoms with Crippen LogP contribution >= 0.6 is 0 Å². The van der Waals surface area contributed by atoms with Crippen LogP contribution in [-0.4, -0.2) is 23.1 Å². The zero-order valence-corrected chi connectivity index (χ0v) is 17.8. The van der Waals surface area contributed by atoms with Crippen molar-refractivity contribution in [3.05, 3.63) is 23.3 Å². The number of rotatable bonds is 2. The molecule has 4 nitrogen and oxygen atoms in total. The number of ether oxygens (including phenoxy) is 1. The maximum Gasteiger partial charge on any atom is 0.303 e. The maximum atomic E-state index is 12.8. The van der Waals surface area contributed by atoms with Gasteiger partial charge in [-0.3, -0.25) is 14.4 Å². The number of esters is 1. The summed E-state index contributed by atoms with van der Waals surface area (Å²) >= 11 is 0. The summed E-state index contributed by atoms with van der Waals surface area (Å²) in [5.74, 6) is 1.13. The quantitative estimate of drug-likeness (QED) is 0.517. The highest BCUT2D eigenvalue weighted by atomic mass is 16.6. The number of ketones is 2. The third kappa shape index (κ3) is 2.39. The minimum atomic E-state index is -0.981. The summed E-state index contributed by atoms with van der Waals surface area (Å²) in [6, 6.07) is 0. The topological polar surface area (TPSA) is 60.4 Å². The highest BCUT2D eigenvalue weighted by Gasteiger charge is 2.67. The fourth-order valence-electron chi connectivity index (χ4n) is 7.60. The highest BCUT2D eigenvalue weighted by Crippen LogP contribution is 2.68. The smallest absolute Gasteiger partial charge is 0.303 e. The van der Waals surface area contributed by atoms with Gasteiger partial charge in [0.05, 0.1) is 0 Å². The van der Waals surface area contributed by atoms with E-state index in [0.717, 1.165) is 25.7 Å². The Morgan fingerprint density at radius 1 is 1.11 bits per heavy atom. The second-order valence-electron chi connectivity index (χ2n) is 10.1. The maximum absolute atomic E-state index is 12.8. The van der Waals surface area contributed by atoms with Gasteiger partial charge in [0.1, 0.15) is 0 Å². The molecule has 0 aliphatic heterocycles. The van der Waals surface area contributed by atoms with Crippen LogP contribution in [0.1, 0.15) is 73.1 Å². The lowest BCUT2D eigenvalue weighted by molar-refractivity contribution is -0.186. The van der Waals surface area contributed by atoms with E-state index in [2.05, 4.69) is 26.8 Å². The minimum absolute atomic E-state index is 0.00992. The number of hydrogen-bond acceptors (Lipinski definition) is 4. The van der Waals surface area contributed by atoms with Gasteiger partial charge in [-0.1, -0.05) is 31.1 Å². The molecule has 4 aliphatic rings. The lowest BCUT2D eigenvalue weighted by Gasteiger charge is -2.58. The van der Waals surface area contributed by atoms with Gasteiger partial charge in [0, 0.05) is 24.2 Å². The molecule has 4 aliphatic carbocycles. The average Bonchev–Trinajstić information content (AvgIpc) is 2.90. The first-order chi connectivity index (χ1) is 13.0. The Balaban J connectivity index is 1.76. The first kappa shape index (κ1) is 19.6. The largest absolute Gasteiger partial charge is 0.451 e. The highest BCUT2D eigenvalue weighted by molar-refractivity contribution is 5.93. The lowest BCUT2D eigenvalue weighted by atomic mass is 9.47. The van der Waals surface area contributed by atoms with Gasteiger partial charge in [0.15, 0.2) is 17.2 Å². The Morgan fingerprint density at radius 3 is 2.43 bits per heavy atom. The van der Waals surface area contributed by atoms with E-state index in [1.54, 1.807) is 13.0 Å². The van der Waals surface area contributed by atoms with Gasteiger partial charge in [-0.05, 0) is 69.8 Å². The van der Waals surface area contributed by atoms with Crippen molar-refractivity contribution in [1.29, 1.82) is 0 Å². The minimum Gasteiger partial charge on any atom is -0.451 e. The standard InChI is InChI=1S/C24H32O4/c1-14-12-18-19(22(4)9-6-17(27)13-21(14)22)7-10-23(5)20(18)8-11-24(23,15(2)25)28-16(3)26/h6,9,18-20H,7-8,10-13H2,1-5H3/t18?,19?,20?,22?,23?,24-/m0/s1. The molecule has 2 fully saturated rings. The van der Waals surface area contributed by atoms with Crippen LogP contribution in [0, 0.1) is 28.6 Å². The Kier molecular flexibility index (Phi) is 4.30. The molecule has 0 radical (unpaired) electrons. The summed E-state index contributed by atoms with van der Waals surface area (Å²) < 4.78 is 5.83. The molecule has 4 heteroatoms. The van der Waals surface area contributed by atoms with Crippen LogP contribution in [0.25, 0.3) is 0 Å². The molecule has 0 aromatic heterocycles. The number of Topliss-reactive ketones (excluding diaryl/α,β-unsaturated/α-hetero) is 1. The second kappa shape index (κ2) is 6.14. The fourth-order valence-corrected chi connectivity index (χ4v) is 7.60. The van der Waals surface area contributed by atoms with Crippen molar-refractivity contribution in [2.75, 3.05) is 0 Å². The van der Waals surface area contributed by atoms with Crippen LogP contribution < -0.4 is 0 Å². The summed E-state index contributed by atoms with van der Waals surface area (Å²) in [5.41, 5.74) is 1.31. The summed E-state index contributed by atoms with van der Waals surface area (Å²) in [4.78, 5) is 36.7. The second-order valence-corrected chi connectivity index (χ2v) is 10.1. The molecular weight excluding hydrogens is 352 g/mol. The summed E-state index contributed by atoms with van der Waals surface area (Å²) in [7, 11) is 0. The number of fused-ring (bicyclic) bond motifs is 5. The van der Waals surface area contributed by atoms with Crippen molar-refractivity contribution in [3.63, 3.8) is 0 Å². The molecule has 0 heterocycles. The lowest BCUT2D eigenvalue weighted by Crippen LogP contribution is -2.58. The predicted molar refractivity (Wildman–Crippen MR) is 106 cm³/mol. The molecule has 4 rings (SSSR count). The van der Waals surface area contributed by atoms with Crippen LogP contribution in [0.3, 0.4) is 0 Å². The van der Waals surface area contributed by atoms with E-state index >= 15 is 0 Å². The first-order valence-electron chi connectivity index (χ1n) is 10.7. The van der Waals surface area contributed by atoms with Crippen molar-refractivity contribution < 1.29 is 19.1 Å². The average molecular weight is 385 g/mol. The van der Waals surface area contributed by atoms with Gasteiger partial charge in [-0.2, -0.15) is 0 Å². The molecule has 0 aromatic rings. The normalized spacial score (nSPS) is 44.6. The van der Waals surface area contributed by atoms with Gasteiger partial charge >= 0.3 is 5.97 Å². The number of allylic oxidation sites excluding steroid dienone is 4. The van der Waals surface area contributed by atoms with E-state index in [1.165, 1.54) is 18.1 Å². The van der Waals surface area contributed by atoms with Crippen LogP contribution in [0.15, 0.2) is 23.3 Å². The van der Waals surface area contributed by atoms with Crippen molar-refractivity contribution >= 4 is 17.5 Å². The van der Waals surface area contributed by atoms with Crippen molar-refractivity contribution in [2.45, 2.75) is 78.7 Å². The number of hydrogen-bond donors (Lipinski definition) is 0. The fraction of sp³-hybridized carbons (Fsp3) is 0.708. The molecule has 0 amide bonds. The molecule has 152 valence electrons. The van der Waals surface area contributed by atoms with Gasteiger partial charge in [-0.15, -0.1) is 0 Å². The summed E-state index contributed by atoms with van der Waals surface area (Å²) in [6.07, 6.45) is 8.91. The monoisotopic (exact) mass is 384 g/mol. The molecule has 0 bridgehead atoms. The molecule has 2 saturated carbocycles. The van der Waals surface area contributed by atoms with Crippen LogP contribution in [0.4, 0.5) is 0 Å². The molecule has 0 N–H and O–H groups in total. The molecule has 6 atom stereocenters. The Bertz CT molecular complexity index is 820. The molecular formula is C24H32O4. The molecule has 0 aromatic carbocycles. The third-order valence-electron chi connectivity index (χ3n) is 8.89. The van der Waals surface area contributed by atoms with Gasteiger partial charge in [0.2, 0.25) is 0 Å². The van der Waals surface area contributed by atoms with E-state index in [1.807, 2.05) is 0 Å². The third-order valence-corrected chi connectivity index (χ3v) is 8.89. The number of carbonyl (C=O) groups is 3. The molecule has 5 unspecified atom stereocenters. The molecule has 0 saturated heterocycles. The zero-order chi connectivity index (χ0) is 20.5. The van der Waals surface area contributed by atoms with E-state index in [4.69, 9.17) is 4.74 Å². The van der Waals surface area contributed by atoms with Crippen LogP contribution in [0.2, 0.25) is 0 Å². The van der Waals surface area contributed by atoms with Gasteiger partial charge in [-0.25, -0.2) is 0 Å². The van der Waals surface area contributed by atoms with Crippen LogP contribution in [0.5, 0.6) is 0 Å².